The highest BCUT2D eigenvalue weighted by Gasteiger charge is 2.27. The van der Waals surface area contributed by atoms with E-state index < -0.39 is 0 Å². The van der Waals surface area contributed by atoms with Crippen molar-refractivity contribution in [2.75, 3.05) is 13.7 Å². The van der Waals surface area contributed by atoms with Crippen LogP contribution in [0.2, 0.25) is 0 Å². The molecule has 0 spiro atoms. The number of carbonyl (C=O) groups is 1. The number of aromatic amines is 1. The van der Waals surface area contributed by atoms with Crippen LogP contribution in [-0.4, -0.2) is 35.5 Å². The third-order valence-electron chi connectivity index (χ3n) is 5.97. The molecule has 1 aliphatic heterocycles. The van der Waals surface area contributed by atoms with Crippen molar-refractivity contribution < 1.29 is 19.0 Å². The molecule has 28 heavy (non-hydrogen) atoms. The highest BCUT2D eigenvalue weighted by molar-refractivity contribution is 5.77. The van der Waals surface area contributed by atoms with Gasteiger partial charge < -0.3 is 19.2 Å². The van der Waals surface area contributed by atoms with Crippen molar-refractivity contribution in [2.45, 2.75) is 57.8 Å². The molecular formula is C21H28N2O5. The van der Waals surface area contributed by atoms with Gasteiger partial charge in [-0.3, -0.25) is 9.36 Å². The molecule has 0 bridgehead atoms. The molecule has 1 aliphatic carbocycles. The number of ether oxygens (including phenoxy) is 3. The zero-order valence-corrected chi connectivity index (χ0v) is 16.3. The van der Waals surface area contributed by atoms with Crippen LogP contribution in [0.4, 0.5) is 0 Å². The van der Waals surface area contributed by atoms with Crippen molar-refractivity contribution in [3.63, 3.8) is 0 Å². The number of H-pyrrole nitrogens is 1. The van der Waals surface area contributed by atoms with Crippen LogP contribution in [0.25, 0.3) is 11.0 Å². The van der Waals surface area contributed by atoms with Crippen molar-refractivity contribution in [3.05, 3.63) is 28.7 Å². The number of aromatic nitrogens is 2. The third-order valence-corrected chi connectivity index (χ3v) is 5.97. The molecule has 1 saturated carbocycles. The largest absolute Gasteiger partial charge is 0.469 e. The fourth-order valence-corrected chi connectivity index (χ4v) is 4.35. The fourth-order valence-electron chi connectivity index (χ4n) is 4.35. The van der Waals surface area contributed by atoms with Gasteiger partial charge in [-0.05, 0) is 56.6 Å². The van der Waals surface area contributed by atoms with Gasteiger partial charge in [0.15, 0.2) is 6.29 Å². The minimum Gasteiger partial charge on any atom is -0.469 e. The first-order valence-electron chi connectivity index (χ1n) is 10.2. The van der Waals surface area contributed by atoms with Crippen molar-refractivity contribution in [1.29, 1.82) is 0 Å². The lowest BCUT2D eigenvalue weighted by atomic mass is 9.82. The predicted octanol–water partition coefficient (Wildman–Crippen LogP) is 3.21. The first-order valence-corrected chi connectivity index (χ1v) is 10.2. The van der Waals surface area contributed by atoms with Crippen LogP contribution >= 0.6 is 0 Å². The topological polar surface area (TPSA) is 82.6 Å². The van der Waals surface area contributed by atoms with Crippen molar-refractivity contribution in [1.82, 2.24) is 9.55 Å². The molecule has 1 saturated heterocycles. The molecule has 1 unspecified atom stereocenters. The van der Waals surface area contributed by atoms with Crippen LogP contribution < -0.4 is 10.4 Å². The Morgan fingerprint density at radius 3 is 2.75 bits per heavy atom. The third kappa shape index (κ3) is 4.09. The summed E-state index contributed by atoms with van der Waals surface area (Å²) in [5.74, 6) is 0.983. The van der Waals surface area contributed by atoms with Crippen LogP contribution in [0.15, 0.2) is 23.0 Å². The molecule has 2 fully saturated rings. The minimum absolute atomic E-state index is 0.00330. The van der Waals surface area contributed by atoms with E-state index in [1.165, 1.54) is 7.11 Å². The molecule has 4 rings (SSSR count). The molecule has 0 amide bonds. The summed E-state index contributed by atoms with van der Waals surface area (Å²) in [6.45, 7) is 1.38. The Balaban J connectivity index is 1.47. The van der Waals surface area contributed by atoms with Gasteiger partial charge in [0, 0.05) is 19.0 Å². The Bertz CT molecular complexity index is 873. The van der Waals surface area contributed by atoms with E-state index in [2.05, 4.69) is 4.98 Å². The smallest absolute Gasteiger partial charge is 0.326 e. The van der Waals surface area contributed by atoms with Gasteiger partial charge in [-0.2, -0.15) is 0 Å². The molecular weight excluding hydrogens is 360 g/mol. The number of hydrogen-bond donors (Lipinski definition) is 1. The maximum atomic E-state index is 12.5. The van der Waals surface area contributed by atoms with E-state index in [1.807, 2.05) is 18.2 Å². The van der Waals surface area contributed by atoms with Gasteiger partial charge in [0.2, 0.25) is 0 Å². The van der Waals surface area contributed by atoms with E-state index >= 15 is 0 Å². The van der Waals surface area contributed by atoms with Crippen LogP contribution in [0, 0.1) is 11.8 Å². The number of nitrogens with zero attached hydrogens (tertiary/aromatic N) is 1. The number of methoxy groups -OCH3 is 1. The second-order valence-corrected chi connectivity index (χ2v) is 7.87. The first-order chi connectivity index (χ1) is 13.6. The van der Waals surface area contributed by atoms with Gasteiger partial charge >= 0.3 is 11.7 Å². The molecule has 2 aromatic rings. The Morgan fingerprint density at radius 1 is 1.21 bits per heavy atom. The Hall–Kier alpha value is -2.28. The molecule has 7 nitrogen and oxygen atoms in total. The van der Waals surface area contributed by atoms with Gasteiger partial charge in [0.1, 0.15) is 5.75 Å². The van der Waals surface area contributed by atoms with Crippen LogP contribution in [0.1, 0.15) is 44.9 Å². The molecule has 1 N–H and O–H groups in total. The SMILES string of the molecule is COC(=O)C1CCC(Cn2c(=O)[nH]c3ccc(OC4CCCCO4)cc32)CC1. The van der Waals surface area contributed by atoms with Gasteiger partial charge in [-0.15, -0.1) is 0 Å². The summed E-state index contributed by atoms with van der Waals surface area (Å²) in [6, 6.07) is 5.69. The summed E-state index contributed by atoms with van der Waals surface area (Å²) in [6.07, 6.45) is 6.35. The number of nitrogens with one attached hydrogen (secondary N) is 1. The van der Waals surface area contributed by atoms with Gasteiger partial charge in [-0.1, -0.05) is 0 Å². The summed E-state index contributed by atoms with van der Waals surface area (Å²) < 4.78 is 18.3. The number of esters is 1. The van der Waals surface area contributed by atoms with E-state index in [0.29, 0.717) is 12.5 Å². The second-order valence-electron chi connectivity index (χ2n) is 7.87. The lowest BCUT2D eigenvalue weighted by molar-refractivity contribution is -0.146. The molecule has 2 aliphatic rings. The molecule has 2 heterocycles. The minimum atomic E-state index is -0.209. The number of carbonyl (C=O) groups excluding carboxylic acids is 1. The highest BCUT2D eigenvalue weighted by atomic mass is 16.7. The van der Waals surface area contributed by atoms with Crippen LogP contribution in [0.3, 0.4) is 0 Å². The number of rotatable bonds is 5. The van der Waals surface area contributed by atoms with Gasteiger partial charge in [0.05, 0.1) is 30.7 Å². The number of benzene rings is 1. The maximum Gasteiger partial charge on any atom is 0.326 e. The van der Waals surface area contributed by atoms with Crippen molar-refractivity contribution in [3.8, 4) is 5.75 Å². The zero-order chi connectivity index (χ0) is 19.5. The number of imidazole rings is 1. The van der Waals surface area contributed by atoms with Gasteiger partial charge in [-0.25, -0.2) is 4.79 Å². The summed E-state index contributed by atoms with van der Waals surface area (Å²) in [5.41, 5.74) is 1.56. The zero-order valence-electron chi connectivity index (χ0n) is 16.3. The molecule has 7 heteroatoms. The summed E-state index contributed by atoms with van der Waals surface area (Å²) in [5, 5.41) is 0. The lowest BCUT2D eigenvalue weighted by Crippen LogP contribution is -2.27. The van der Waals surface area contributed by atoms with Crippen molar-refractivity contribution >= 4 is 17.0 Å². The molecule has 1 atom stereocenters. The number of fused-ring (bicyclic) bond motifs is 1. The Labute approximate surface area is 164 Å². The summed E-state index contributed by atoms with van der Waals surface area (Å²) in [7, 11) is 1.44. The van der Waals surface area contributed by atoms with E-state index in [-0.39, 0.29) is 23.9 Å². The average molecular weight is 388 g/mol. The molecule has 0 radical (unpaired) electrons. The van der Waals surface area contributed by atoms with E-state index in [9.17, 15) is 9.59 Å². The fraction of sp³-hybridized carbons (Fsp3) is 0.619. The second kappa shape index (κ2) is 8.39. The van der Waals surface area contributed by atoms with E-state index in [4.69, 9.17) is 14.2 Å². The average Bonchev–Trinajstić information content (AvgIpc) is 3.03. The maximum absolute atomic E-state index is 12.5. The van der Waals surface area contributed by atoms with Crippen molar-refractivity contribution in [2.24, 2.45) is 11.8 Å². The summed E-state index contributed by atoms with van der Waals surface area (Å²) in [4.78, 5) is 27.1. The highest BCUT2D eigenvalue weighted by Crippen LogP contribution is 2.31. The molecule has 1 aromatic heterocycles. The Morgan fingerprint density at radius 2 is 2.04 bits per heavy atom. The van der Waals surface area contributed by atoms with E-state index in [0.717, 1.165) is 68.3 Å². The summed E-state index contributed by atoms with van der Waals surface area (Å²) >= 11 is 0. The normalized spacial score (nSPS) is 25.5. The quantitative estimate of drug-likeness (QED) is 0.796. The first kappa shape index (κ1) is 19.1. The van der Waals surface area contributed by atoms with Crippen LogP contribution in [-0.2, 0) is 20.8 Å². The Kier molecular flexibility index (Phi) is 5.71. The molecule has 1 aromatic carbocycles. The predicted molar refractivity (Wildman–Crippen MR) is 104 cm³/mol. The molecule has 152 valence electrons. The standard InChI is InChI=1S/C21H28N2O5/c1-26-20(24)15-7-5-14(6-8-15)13-23-18-12-16(9-10-17(18)22-21(23)25)28-19-4-2-3-11-27-19/h9-10,12,14-15,19H,2-8,11,13H2,1H3,(H,22,25). The van der Waals surface area contributed by atoms with E-state index in [1.54, 1.807) is 4.57 Å². The number of hydrogen-bond acceptors (Lipinski definition) is 5. The van der Waals surface area contributed by atoms with Gasteiger partial charge in [0.25, 0.3) is 0 Å². The van der Waals surface area contributed by atoms with Crippen LogP contribution in [0.5, 0.6) is 5.75 Å². The lowest BCUT2D eigenvalue weighted by Gasteiger charge is -2.27. The monoisotopic (exact) mass is 388 g/mol.